The first-order chi connectivity index (χ1) is 14.1. The molecule has 0 bridgehead atoms. The van der Waals surface area contributed by atoms with Gasteiger partial charge in [-0.2, -0.15) is 0 Å². The predicted octanol–water partition coefficient (Wildman–Crippen LogP) is 1.66. The highest BCUT2D eigenvalue weighted by Gasteiger charge is 2.24. The third-order valence-corrected chi connectivity index (χ3v) is 6.67. The first-order valence-electron chi connectivity index (χ1n) is 11.2. The maximum atomic E-state index is 13.2. The molecule has 1 aliphatic heterocycles. The van der Waals surface area contributed by atoms with Crippen LogP contribution in [0.1, 0.15) is 57.7 Å². The Hall–Kier alpha value is -2.21. The van der Waals surface area contributed by atoms with Crippen LogP contribution in [0.4, 0.5) is 0 Å². The first kappa shape index (κ1) is 20.1. The lowest BCUT2D eigenvalue weighted by atomic mass is 9.86. The van der Waals surface area contributed by atoms with Crippen LogP contribution in [0.3, 0.4) is 0 Å². The molecule has 0 spiro atoms. The van der Waals surface area contributed by atoms with Crippen molar-refractivity contribution in [1.29, 1.82) is 0 Å². The number of nitrogens with one attached hydrogen (secondary N) is 2. The summed E-state index contributed by atoms with van der Waals surface area (Å²) in [5.41, 5.74) is 0.621. The summed E-state index contributed by atoms with van der Waals surface area (Å²) in [6, 6.07) is 7.68. The number of likely N-dealkylation sites (tertiary alicyclic amines) is 1. The number of fused-ring (bicyclic) bond motifs is 1. The van der Waals surface area contributed by atoms with Crippen molar-refractivity contribution in [3.05, 3.63) is 40.4 Å². The number of hydrogen-bond acceptors (Lipinski definition) is 3. The molecule has 2 aliphatic rings. The number of aromatic nitrogens is 2. The summed E-state index contributed by atoms with van der Waals surface area (Å²) in [5.74, 6) is 1.16. The number of quaternary nitrogens is 1. The number of benzene rings is 1. The minimum atomic E-state index is -0.103. The lowest BCUT2D eigenvalue weighted by molar-refractivity contribution is -0.919. The average molecular weight is 398 g/mol. The van der Waals surface area contributed by atoms with Gasteiger partial charge in [-0.05, 0) is 50.2 Å². The number of carbonyl (C=O) groups is 1. The Kier molecular flexibility index (Phi) is 6.28. The summed E-state index contributed by atoms with van der Waals surface area (Å²) >= 11 is 0. The van der Waals surface area contributed by atoms with Crippen molar-refractivity contribution in [2.45, 2.75) is 71.0 Å². The quantitative estimate of drug-likeness (QED) is 0.806. The van der Waals surface area contributed by atoms with E-state index in [0.29, 0.717) is 17.8 Å². The molecule has 1 amide bonds. The highest BCUT2D eigenvalue weighted by molar-refractivity contribution is 5.79. The van der Waals surface area contributed by atoms with Crippen LogP contribution in [-0.4, -0.2) is 34.6 Å². The SMILES string of the molecule is C[C@@H]1CCCC[C@@H]1NC(=O)Cn1c(C[NH+]2CCCCC2)nc2ccccc2c1=O. The van der Waals surface area contributed by atoms with Crippen LogP contribution in [-0.2, 0) is 17.9 Å². The number of carbonyl (C=O) groups excluding carboxylic acids is 1. The van der Waals surface area contributed by atoms with Gasteiger partial charge in [0.25, 0.3) is 5.56 Å². The number of amides is 1. The van der Waals surface area contributed by atoms with Crippen LogP contribution >= 0.6 is 0 Å². The Morgan fingerprint density at radius 1 is 1.14 bits per heavy atom. The summed E-state index contributed by atoms with van der Waals surface area (Å²) in [4.78, 5) is 32.3. The highest BCUT2D eigenvalue weighted by Crippen LogP contribution is 2.23. The van der Waals surface area contributed by atoms with Gasteiger partial charge in [-0.15, -0.1) is 0 Å². The van der Waals surface area contributed by atoms with E-state index in [1.165, 1.54) is 30.6 Å². The monoisotopic (exact) mass is 397 g/mol. The van der Waals surface area contributed by atoms with Crippen LogP contribution < -0.4 is 15.8 Å². The van der Waals surface area contributed by atoms with Crippen molar-refractivity contribution in [3.8, 4) is 0 Å². The molecule has 6 nitrogen and oxygen atoms in total. The van der Waals surface area contributed by atoms with E-state index in [4.69, 9.17) is 4.98 Å². The molecule has 1 saturated carbocycles. The van der Waals surface area contributed by atoms with Gasteiger partial charge >= 0.3 is 0 Å². The summed E-state index contributed by atoms with van der Waals surface area (Å²) in [5, 5.41) is 3.78. The van der Waals surface area contributed by atoms with Crippen LogP contribution in [0.5, 0.6) is 0 Å². The molecule has 0 radical (unpaired) electrons. The summed E-state index contributed by atoms with van der Waals surface area (Å²) in [6.07, 6.45) is 8.30. The lowest BCUT2D eigenvalue weighted by Crippen LogP contribution is -3.11. The van der Waals surface area contributed by atoms with Gasteiger partial charge < -0.3 is 10.2 Å². The van der Waals surface area contributed by atoms with Crippen molar-refractivity contribution in [2.75, 3.05) is 13.1 Å². The summed E-state index contributed by atoms with van der Waals surface area (Å²) < 4.78 is 1.62. The zero-order valence-electron chi connectivity index (χ0n) is 17.5. The lowest BCUT2D eigenvalue weighted by Gasteiger charge is -2.29. The number of nitrogens with zero attached hydrogens (tertiary/aromatic N) is 2. The molecule has 4 rings (SSSR count). The number of rotatable bonds is 5. The molecule has 6 heteroatoms. The molecule has 2 atom stereocenters. The summed E-state index contributed by atoms with van der Waals surface area (Å²) in [6.45, 7) is 5.18. The molecular formula is C23H33N4O2+. The topological polar surface area (TPSA) is 68.4 Å². The maximum Gasteiger partial charge on any atom is 0.262 e. The number of para-hydroxylation sites is 1. The average Bonchev–Trinajstić information content (AvgIpc) is 2.73. The molecule has 2 heterocycles. The fourth-order valence-corrected chi connectivity index (χ4v) is 4.89. The highest BCUT2D eigenvalue weighted by atomic mass is 16.2. The molecule has 1 aromatic carbocycles. The smallest absolute Gasteiger partial charge is 0.262 e. The third kappa shape index (κ3) is 4.69. The van der Waals surface area contributed by atoms with E-state index in [-0.39, 0.29) is 24.1 Å². The molecule has 1 saturated heterocycles. The molecule has 2 fully saturated rings. The zero-order valence-corrected chi connectivity index (χ0v) is 17.5. The van der Waals surface area contributed by atoms with Crippen molar-refractivity contribution < 1.29 is 9.69 Å². The molecule has 156 valence electrons. The molecule has 0 unspecified atom stereocenters. The minimum Gasteiger partial charge on any atom is -0.352 e. The Morgan fingerprint density at radius 3 is 2.69 bits per heavy atom. The second-order valence-corrected chi connectivity index (χ2v) is 8.86. The fraction of sp³-hybridized carbons (Fsp3) is 0.609. The molecule has 2 N–H and O–H groups in total. The Labute approximate surface area is 172 Å². The van der Waals surface area contributed by atoms with E-state index in [2.05, 4.69) is 12.2 Å². The summed E-state index contributed by atoms with van der Waals surface area (Å²) in [7, 11) is 0. The Bertz CT molecular complexity index is 917. The van der Waals surface area contributed by atoms with Gasteiger partial charge in [0, 0.05) is 6.04 Å². The normalized spacial score (nSPS) is 23.2. The van der Waals surface area contributed by atoms with Crippen LogP contribution in [0, 0.1) is 5.92 Å². The molecule has 29 heavy (non-hydrogen) atoms. The van der Waals surface area contributed by atoms with Crippen molar-refractivity contribution in [2.24, 2.45) is 5.92 Å². The molecule has 1 aromatic heterocycles. The van der Waals surface area contributed by atoms with E-state index in [9.17, 15) is 9.59 Å². The van der Waals surface area contributed by atoms with Gasteiger partial charge in [0.05, 0.1) is 24.0 Å². The minimum absolute atomic E-state index is 0.0580. The van der Waals surface area contributed by atoms with Gasteiger partial charge in [0.1, 0.15) is 13.1 Å². The van der Waals surface area contributed by atoms with Gasteiger partial charge in [0.15, 0.2) is 5.82 Å². The van der Waals surface area contributed by atoms with Gasteiger partial charge in [-0.25, -0.2) is 4.98 Å². The Morgan fingerprint density at radius 2 is 1.90 bits per heavy atom. The van der Waals surface area contributed by atoms with E-state index < -0.39 is 0 Å². The standard InChI is InChI=1S/C23H32N4O2/c1-17-9-3-5-11-19(17)25-22(28)16-27-21(15-26-13-7-2-8-14-26)24-20-12-6-4-10-18(20)23(27)29/h4,6,10,12,17,19H,2-3,5,7-9,11,13-16H2,1H3,(H,25,28)/p+1/t17-,19+/m1/s1. The zero-order chi connectivity index (χ0) is 20.2. The molecule has 1 aliphatic carbocycles. The van der Waals surface area contributed by atoms with E-state index in [1.807, 2.05) is 18.2 Å². The van der Waals surface area contributed by atoms with E-state index >= 15 is 0 Å². The van der Waals surface area contributed by atoms with Crippen LogP contribution in [0.15, 0.2) is 29.1 Å². The third-order valence-electron chi connectivity index (χ3n) is 6.67. The van der Waals surface area contributed by atoms with Crippen molar-refractivity contribution in [3.63, 3.8) is 0 Å². The molecular weight excluding hydrogens is 364 g/mol. The second-order valence-electron chi connectivity index (χ2n) is 8.86. The van der Waals surface area contributed by atoms with Crippen molar-refractivity contribution >= 4 is 16.8 Å². The second kappa shape index (κ2) is 9.08. The number of piperidine rings is 1. The van der Waals surface area contributed by atoms with Crippen molar-refractivity contribution in [1.82, 2.24) is 14.9 Å². The maximum absolute atomic E-state index is 13.2. The van der Waals surface area contributed by atoms with E-state index in [1.54, 1.807) is 10.6 Å². The predicted molar refractivity (Wildman–Crippen MR) is 114 cm³/mol. The van der Waals surface area contributed by atoms with Gasteiger partial charge in [-0.1, -0.05) is 31.9 Å². The van der Waals surface area contributed by atoms with Crippen LogP contribution in [0.2, 0.25) is 0 Å². The number of hydrogen-bond donors (Lipinski definition) is 2. The molecule has 2 aromatic rings. The van der Waals surface area contributed by atoms with Gasteiger partial charge in [-0.3, -0.25) is 14.2 Å². The Balaban J connectivity index is 1.60. The van der Waals surface area contributed by atoms with Gasteiger partial charge in [0.2, 0.25) is 5.91 Å². The van der Waals surface area contributed by atoms with E-state index in [0.717, 1.165) is 43.7 Å². The largest absolute Gasteiger partial charge is 0.352 e. The van der Waals surface area contributed by atoms with Crippen LogP contribution in [0.25, 0.3) is 10.9 Å². The first-order valence-corrected chi connectivity index (χ1v) is 11.2. The fourth-order valence-electron chi connectivity index (χ4n) is 4.89.